The molecule has 12 unspecified atom stereocenters. The van der Waals surface area contributed by atoms with Crippen molar-refractivity contribution in [3.05, 3.63) is 167 Å². The van der Waals surface area contributed by atoms with Crippen LogP contribution in [0.4, 0.5) is 0 Å². The maximum absolute atomic E-state index is 15.8. The molecule has 6 aromatic rings. The molecule has 0 aromatic heterocycles. The normalized spacial score (nSPS) is 23.0. The SMILES string of the molecule is CCC1=NN2C=C(COc3ccc(cc3)CC(C(=O)NS(=O)(=O)C3CC3)NC(=O)C(Cc3ccc4ccccc4c3)NC(=O)C3CC(CCCCOc4ccc(cc4)CC(C(=O)NS(=O)(=O)C4CC4)NC(=O)C(Cc4ccc5ccccc5c4)NC(=O)C4CC2CN4C(=O)C(NC(=O)C(C)NC)C(C)(C)C)CN3C(=O)C(NC(=O)C(C)NC)C(C)(C)C)C1. The Hall–Kier alpha value is -10.8. The Morgan fingerprint density at radius 2 is 0.967 bits per heavy atom. The van der Waals surface area contributed by atoms with Gasteiger partial charge in [-0.25, -0.2) is 16.8 Å². The fourth-order valence-corrected chi connectivity index (χ4v) is 18.7. The van der Waals surface area contributed by atoms with Gasteiger partial charge in [0.15, 0.2) is 0 Å². The summed E-state index contributed by atoms with van der Waals surface area (Å²) in [4.78, 5) is 153. The summed E-state index contributed by atoms with van der Waals surface area (Å²) < 4.78 is 71.7. The number of carbonyl (C=O) groups is 10. The zero-order valence-electron chi connectivity index (χ0n) is 71.9. The van der Waals surface area contributed by atoms with Crippen LogP contribution in [0.3, 0.4) is 0 Å². The molecule has 123 heavy (non-hydrogen) atoms. The van der Waals surface area contributed by atoms with Gasteiger partial charge >= 0.3 is 0 Å². The Morgan fingerprint density at radius 3 is 1.41 bits per heavy atom. The summed E-state index contributed by atoms with van der Waals surface area (Å²) in [6.45, 7) is 16.3. The first kappa shape index (κ1) is 91.4. The predicted molar refractivity (Wildman–Crippen MR) is 468 cm³/mol. The standard InChI is InChI=1S/C91H118N14O16S2/c1-12-66-43-61-51-105(100-66)67-49-77(104(52-67)89(115)79(91(7,8)9)99-81(107)55(3)93-11)87(113)97-73(47-59-25-31-63-21-14-16-23-65(63)42-59)83(109)95-74(84(110)101-122(116,117)70-36-37-70)44-56-26-32-68(33-27-56)120-40-18-17-19-60-48-76(103(50-60)88(114)78(90(4,5)6)98-80(106)54(2)92-10)86(112)96-72(46-58-24-30-62-20-13-15-22-64(62)41-58)82(108)94-75(85(111)102-123(118,119)71-38-39-71)45-57-28-34-69(35-29-57)121-53-61/h13-16,20-35,41-42,51,54-55,60,67,70-79,92-93H,12,17-19,36-40,43-50,52-53H2,1-11H3,(H,94,108)(H,95,109)(H,96,112)(H,97,113)(H,98,106)(H,99,107)(H,101,110)(H,102,111). The second-order valence-corrected chi connectivity index (χ2v) is 39.7. The number of carbonyl (C=O) groups excluding carboxylic acids is 10. The van der Waals surface area contributed by atoms with E-state index < -0.39 is 167 Å². The molecule has 2 saturated carbocycles. The summed E-state index contributed by atoms with van der Waals surface area (Å²) in [6.07, 6.45) is 5.00. The van der Waals surface area contributed by atoms with Crippen LogP contribution in [0.25, 0.3) is 21.5 Å². The number of rotatable bonds is 19. The molecule has 2 saturated heterocycles. The molecule has 30 nitrogen and oxygen atoms in total. The minimum atomic E-state index is -4.17. The Labute approximate surface area is 720 Å². The summed E-state index contributed by atoms with van der Waals surface area (Å²) in [5, 5.41) is 32.1. The Morgan fingerprint density at radius 1 is 0.528 bits per heavy atom. The van der Waals surface area contributed by atoms with Gasteiger partial charge in [0.1, 0.15) is 66.4 Å². The summed E-state index contributed by atoms with van der Waals surface area (Å²) in [7, 11) is -5.11. The zero-order chi connectivity index (χ0) is 88.4. The van der Waals surface area contributed by atoms with Gasteiger partial charge in [-0.1, -0.05) is 158 Å². The number of sulfonamides is 2. The van der Waals surface area contributed by atoms with E-state index in [0.29, 0.717) is 91.5 Å². The smallest absolute Gasteiger partial charge is 0.256 e. The van der Waals surface area contributed by atoms with E-state index in [0.717, 1.165) is 32.8 Å². The van der Waals surface area contributed by atoms with Crippen molar-refractivity contribution in [1.82, 2.24) is 66.8 Å². The summed E-state index contributed by atoms with van der Waals surface area (Å²) in [5.74, 6) is -6.55. The van der Waals surface area contributed by atoms with Gasteiger partial charge in [-0.3, -0.25) is 62.4 Å². The number of ether oxygens (including phenoxy) is 2. The van der Waals surface area contributed by atoms with Crippen LogP contribution >= 0.6 is 0 Å². The number of hydrogen-bond acceptors (Lipinski definition) is 20. The van der Waals surface area contributed by atoms with Crippen LogP contribution in [0.15, 0.2) is 150 Å². The van der Waals surface area contributed by atoms with Gasteiger partial charge in [-0.15, -0.1) is 0 Å². The second kappa shape index (κ2) is 39.4. The molecule has 2 aliphatic carbocycles. The maximum atomic E-state index is 15.8. The fraction of sp³-hybridized carbons (Fsp3) is 0.505. The number of likely N-dealkylation sites (tertiary alicyclic amines) is 2. The van der Waals surface area contributed by atoms with Crippen molar-refractivity contribution < 1.29 is 74.3 Å². The van der Waals surface area contributed by atoms with Crippen LogP contribution in [0.5, 0.6) is 11.5 Å². The largest absolute Gasteiger partial charge is 0.494 e. The van der Waals surface area contributed by atoms with E-state index in [1.54, 1.807) is 108 Å². The molecule has 12 atom stereocenters. The maximum Gasteiger partial charge on any atom is 0.256 e. The van der Waals surface area contributed by atoms with Crippen LogP contribution < -0.4 is 61.5 Å². The molecule has 10 bridgehead atoms. The molecule has 0 spiro atoms. The van der Waals surface area contributed by atoms with Crippen LogP contribution in [-0.2, 0) is 93.7 Å². The van der Waals surface area contributed by atoms with Crippen LogP contribution in [-0.4, -0.2) is 214 Å². The number of benzene rings is 6. The Kier molecular flexibility index (Phi) is 29.2. The third kappa shape index (κ3) is 23.8. The number of hydrazone groups is 1. The van der Waals surface area contributed by atoms with Crippen molar-refractivity contribution in [3.63, 3.8) is 0 Å². The fourth-order valence-electron chi connectivity index (χ4n) is 16.0. The van der Waals surface area contributed by atoms with E-state index in [2.05, 4.69) is 52.0 Å². The lowest BCUT2D eigenvalue weighted by atomic mass is 9.85. The molecular formula is C91H118N14O16S2. The highest BCUT2D eigenvalue weighted by Crippen LogP contribution is 2.36. The molecule has 10 amide bonds. The first-order valence-corrected chi connectivity index (χ1v) is 45.9. The molecule has 10 N–H and O–H groups in total. The monoisotopic (exact) mass is 1730 g/mol. The summed E-state index contributed by atoms with van der Waals surface area (Å²) in [5.41, 5.74) is 1.93. The number of nitrogens with zero attached hydrogens (tertiary/aromatic N) is 4. The number of amides is 10. The lowest BCUT2D eigenvalue weighted by Gasteiger charge is -2.36. The number of nitrogens with one attached hydrogen (secondary N) is 10. The van der Waals surface area contributed by atoms with Crippen molar-refractivity contribution in [2.75, 3.05) is 40.4 Å². The van der Waals surface area contributed by atoms with Crippen molar-refractivity contribution in [2.24, 2.45) is 21.8 Å². The lowest BCUT2D eigenvalue weighted by Crippen LogP contribution is -2.61. The highest BCUT2D eigenvalue weighted by atomic mass is 32.2. The molecule has 9 aliphatic rings. The molecule has 6 aromatic carbocycles. The first-order chi connectivity index (χ1) is 58.4. The van der Waals surface area contributed by atoms with Gasteiger partial charge in [-0.05, 0) is 176 Å². The van der Waals surface area contributed by atoms with E-state index in [-0.39, 0.29) is 70.7 Å². The average molecular weight is 1730 g/mol. The van der Waals surface area contributed by atoms with Gasteiger partial charge in [0.25, 0.3) is 11.8 Å². The van der Waals surface area contributed by atoms with Gasteiger partial charge in [0, 0.05) is 63.5 Å². The Balaban J connectivity index is 0.899. The number of hydrogen-bond donors (Lipinski definition) is 10. The van der Waals surface area contributed by atoms with Crippen molar-refractivity contribution in [2.45, 2.75) is 236 Å². The van der Waals surface area contributed by atoms with Crippen molar-refractivity contribution >= 4 is 106 Å². The number of fused-ring (bicyclic) bond motifs is 2. The molecule has 4 fully saturated rings. The van der Waals surface area contributed by atoms with E-state index in [1.807, 2.05) is 113 Å². The van der Waals surface area contributed by atoms with Gasteiger partial charge in [0.05, 0.1) is 35.2 Å². The minimum Gasteiger partial charge on any atom is -0.494 e. The predicted octanol–water partition coefficient (Wildman–Crippen LogP) is 6.18. The highest BCUT2D eigenvalue weighted by molar-refractivity contribution is 7.91. The van der Waals surface area contributed by atoms with Gasteiger partial charge in [-0.2, -0.15) is 5.10 Å². The third-order valence-electron chi connectivity index (χ3n) is 24.0. The average Bonchev–Trinajstić information content (AvgIpc) is 1.66. The van der Waals surface area contributed by atoms with Crippen molar-refractivity contribution in [3.8, 4) is 11.5 Å². The molecule has 15 rings (SSSR count). The lowest BCUT2D eigenvalue weighted by molar-refractivity contribution is -0.144. The van der Waals surface area contributed by atoms with Crippen molar-refractivity contribution in [1.29, 1.82) is 0 Å². The van der Waals surface area contributed by atoms with Crippen LogP contribution in [0, 0.1) is 16.7 Å². The second-order valence-electron chi connectivity index (χ2n) is 35.8. The zero-order valence-corrected chi connectivity index (χ0v) is 73.6. The molecule has 0 radical (unpaired) electrons. The molecule has 660 valence electrons. The van der Waals surface area contributed by atoms with E-state index in [9.17, 15) is 36.0 Å². The van der Waals surface area contributed by atoms with E-state index in [4.69, 9.17) is 14.6 Å². The van der Waals surface area contributed by atoms with Crippen LogP contribution in [0.2, 0.25) is 0 Å². The topological polar surface area (TPSA) is 400 Å². The summed E-state index contributed by atoms with van der Waals surface area (Å²) >= 11 is 0. The minimum absolute atomic E-state index is 0.00822. The third-order valence-corrected chi connectivity index (χ3v) is 27.6. The first-order valence-electron chi connectivity index (χ1n) is 42.8. The van der Waals surface area contributed by atoms with Crippen LogP contribution in [0.1, 0.15) is 155 Å². The van der Waals surface area contributed by atoms with E-state index >= 15 is 28.8 Å². The quantitative estimate of drug-likeness (QED) is 0.0432. The molecular weight excluding hydrogens is 1610 g/mol. The van der Waals surface area contributed by atoms with Gasteiger partial charge < -0.3 is 61.8 Å². The molecule has 7 aliphatic heterocycles. The molecule has 32 heteroatoms. The molecule has 7 heterocycles. The van der Waals surface area contributed by atoms with Gasteiger partial charge in [0.2, 0.25) is 67.3 Å². The summed E-state index contributed by atoms with van der Waals surface area (Å²) in [6, 6.07) is 27.0. The highest BCUT2D eigenvalue weighted by Gasteiger charge is 2.50. The Bertz CT molecular complexity index is 5220. The van der Waals surface area contributed by atoms with E-state index in [1.165, 1.54) is 9.80 Å². The number of likely N-dealkylation sites (N-methyl/N-ethyl adjacent to an activating group) is 2.